The van der Waals surface area contributed by atoms with Crippen LogP contribution in [-0.4, -0.2) is 68.1 Å². The molecule has 10 heteroatoms. The third-order valence-corrected chi connectivity index (χ3v) is 9.70. The molecular weight excluding hydrogens is 610 g/mol. The highest BCUT2D eigenvalue weighted by molar-refractivity contribution is 7.92. The number of hydrogen-bond acceptors (Lipinski definition) is 6. The fraction of sp³-hybridized carbons (Fsp3) is 0.286. The van der Waals surface area contributed by atoms with E-state index in [-0.39, 0.29) is 40.3 Å². The van der Waals surface area contributed by atoms with Gasteiger partial charge in [0, 0.05) is 30.6 Å². The number of fused-ring (bicyclic) bond motifs is 1. The molecule has 0 radical (unpaired) electrons. The number of hydrogen-bond donors (Lipinski definition) is 2. The zero-order valence-corrected chi connectivity index (χ0v) is 27.1. The highest BCUT2D eigenvalue weighted by atomic mass is 35.5. The maximum absolute atomic E-state index is 13.8. The summed E-state index contributed by atoms with van der Waals surface area (Å²) in [5.74, 6) is -0.316. The van der Waals surface area contributed by atoms with Crippen LogP contribution < -0.4 is 9.46 Å². The molecule has 4 aromatic rings. The van der Waals surface area contributed by atoms with Gasteiger partial charge >= 0.3 is 0 Å². The average molecular weight is 648 g/mol. The van der Waals surface area contributed by atoms with Crippen molar-refractivity contribution in [1.82, 2.24) is 9.80 Å². The lowest BCUT2D eigenvalue weighted by Gasteiger charge is -2.38. The first-order valence-corrected chi connectivity index (χ1v) is 16.7. The summed E-state index contributed by atoms with van der Waals surface area (Å²) in [5.41, 5.74) is 3.82. The van der Waals surface area contributed by atoms with Crippen LogP contribution in [0.1, 0.15) is 29.8 Å². The van der Waals surface area contributed by atoms with E-state index < -0.39 is 22.2 Å². The van der Waals surface area contributed by atoms with Gasteiger partial charge < -0.3 is 14.7 Å². The SMILES string of the molecule is C[C@H]1CN([C@@H](C)CO)C(=O)c2cccc(NS(=O)(=O)c3ccc(Cl)cc3)c2O[C@H]1CN(C)Cc1ccc(-c2ccccc2)cc1. The topological polar surface area (TPSA) is 99.2 Å². The van der Waals surface area contributed by atoms with Crippen LogP contribution in [0.15, 0.2) is 102 Å². The van der Waals surface area contributed by atoms with E-state index in [2.05, 4.69) is 46.0 Å². The number of anilines is 1. The van der Waals surface area contributed by atoms with Gasteiger partial charge in [0.15, 0.2) is 5.75 Å². The van der Waals surface area contributed by atoms with E-state index in [1.54, 1.807) is 30.0 Å². The third kappa shape index (κ3) is 7.68. The molecule has 1 aliphatic heterocycles. The zero-order chi connectivity index (χ0) is 32.1. The molecule has 4 aromatic carbocycles. The number of likely N-dealkylation sites (N-methyl/N-ethyl adjacent to an activating group) is 1. The number of carbonyl (C=O) groups excluding carboxylic acids is 1. The van der Waals surface area contributed by atoms with Gasteiger partial charge in [-0.2, -0.15) is 0 Å². The standard InChI is InChI=1S/C35H38ClN3O5S/c1-24-20-39(25(2)23-40)35(41)31-10-7-11-32(37-45(42,43)30-18-16-29(36)17-19-30)34(31)44-33(24)22-38(3)21-26-12-14-28(15-13-26)27-8-5-4-6-9-27/h4-19,24-25,33,37,40H,20-23H2,1-3H3/t24-,25-,33-/m0/s1. The Bertz CT molecular complexity index is 1720. The first-order chi connectivity index (χ1) is 21.6. The van der Waals surface area contributed by atoms with Crippen molar-refractivity contribution >= 4 is 33.2 Å². The smallest absolute Gasteiger partial charge is 0.262 e. The second-order valence-corrected chi connectivity index (χ2v) is 13.7. The van der Waals surface area contributed by atoms with Crippen molar-refractivity contribution in [2.45, 2.75) is 37.4 Å². The van der Waals surface area contributed by atoms with Crippen LogP contribution in [0.4, 0.5) is 5.69 Å². The lowest BCUT2D eigenvalue weighted by molar-refractivity contribution is 0.0344. The number of halogens is 1. The number of aliphatic hydroxyl groups is 1. The van der Waals surface area contributed by atoms with E-state index in [9.17, 15) is 18.3 Å². The molecule has 3 atom stereocenters. The fourth-order valence-electron chi connectivity index (χ4n) is 5.48. The molecule has 0 fully saturated rings. The summed E-state index contributed by atoms with van der Waals surface area (Å²) < 4.78 is 35.9. The second-order valence-electron chi connectivity index (χ2n) is 11.6. The minimum Gasteiger partial charge on any atom is -0.486 e. The summed E-state index contributed by atoms with van der Waals surface area (Å²) in [6.45, 7) is 5.12. The predicted octanol–water partition coefficient (Wildman–Crippen LogP) is 6.16. The Kier molecular flexibility index (Phi) is 10.1. The van der Waals surface area contributed by atoms with Crippen LogP contribution in [0, 0.1) is 5.92 Å². The molecule has 0 spiro atoms. The monoisotopic (exact) mass is 647 g/mol. The lowest BCUT2D eigenvalue weighted by Crippen LogP contribution is -2.49. The fourth-order valence-corrected chi connectivity index (χ4v) is 6.66. The van der Waals surface area contributed by atoms with Gasteiger partial charge in [0.2, 0.25) is 0 Å². The highest BCUT2D eigenvalue weighted by Gasteiger charge is 2.35. The number of carbonyl (C=O) groups is 1. The maximum Gasteiger partial charge on any atom is 0.262 e. The summed E-state index contributed by atoms with van der Waals surface area (Å²) in [4.78, 5) is 17.6. The molecule has 1 aliphatic rings. The summed E-state index contributed by atoms with van der Waals surface area (Å²) in [7, 11) is -2.01. The molecule has 0 aromatic heterocycles. The third-order valence-electron chi connectivity index (χ3n) is 8.06. The Morgan fingerprint density at radius 1 is 0.978 bits per heavy atom. The molecular formula is C35H38ClN3O5S. The van der Waals surface area contributed by atoms with Gasteiger partial charge in [-0.15, -0.1) is 0 Å². The molecule has 0 unspecified atom stereocenters. The zero-order valence-electron chi connectivity index (χ0n) is 25.6. The van der Waals surface area contributed by atoms with Gasteiger partial charge in [-0.05, 0) is 67.1 Å². The number of nitrogens with one attached hydrogen (secondary N) is 1. The van der Waals surface area contributed by atoms with E-state index in [4.69, 9.17) is 16.3 Å². The molecule has 0 aliphatic carbocycles. The number of aliphatic hydroxyl groups excluding tert-OH is 1. The molecule has 5 rings (SSSR count). The van der Waals surface area contributed by atoms with Gasteiger partial charge in [-0.3, -0.25) is 14.4 Å². The van der Waals surface area contributed by atoms with E-state index in [0.717, 1.165) is 16.7 Å². The van der Waals surface area contributed by atoms with Crippen LogP contribution in [0.2, 0.25) is 5.02 Å². The van der Waals surface area contributed by atoms with Crippen molar-refractivity contribution in [2.24, 2.45) is 5.92 Å². The molecule has 45 heavy (non-hydrogen) atoms. The molecule has 8 nitrogen and oxygen atoms in total. The van der Waals surface area contributed by atoms with Crippen molar-refractivity contribution in [3.63, 3.8) is 0 Å². The number of rotatable bonds is 10. The molecule has 0 saturated carbocycles. The van der Waals surface area contributed by atoms with E-state index in [1.807, 2.05) is 32.2 Å². The Morgan fingerprint density at radius 2 is 1.64 bits per heavy atom. The molecule has 1 amide bonds. The van der Waals surface area contributed by atoms with Crippen molar-refractivity contribution in [2.75, 3.05) is 31.5 Å². The average Bonchev–Trinajstić information content (AvgIpc) is 3.03. The number of ether oxygens (including phenoxy) is 1. The van der Waals surface area contributed by atoms with Crippen molar-refractivity contribution < 1.29 is 23.1 Å². The summed E-state index contributed by atoms with van der Waals surface area (Å²) >= 11 is 5.97. The summed E-state index contributed by atoms with van der Waals surface area (Å²) in [6, 6.07) is 28.9. The van der Waals surface area contributed by atoms with Crippen molar-refractivity contribution in [3.05, 3.63) is 113 Å². The van der Waals surface area contributed by atoms with Crippen LogP contribution in [0.5, 0.6) is 5.75 Å². The van der Waals surface area contributed by atoms with E-state index >= 15 is 0 Å². The Balaban J connectivity index is 1.42. The van der Waals surface area contributed by atoms with Crippen LogP contribution in [0.3, 0.4) is 0 Å². The Morgan fingerprint density at radius 3 is 2.31 bits per heavy atom. The number of sulfonamides is 1. The molecule has 2 N–H and O–H groups in total. The van der Waals surface area contributed by atoms with Crippen molar-refractivity contribution in [1.29, 1.82) is 0 Å². The predicted molar refractivity (Wildman–Crippen MR) is 178 cm³/mol. The molecule has 1 heterocycles. The maximum atomic E-state index is 13.8. The quantitative estimate of drug-likeness (QED) is 0.214. The summed E-state index contributed by atoms with van der Waals surface area (Å²) in [5, 5.41) is 10.4. The van der Waals surface area contributed by atoms with Gasteiger partial charge in [0.25, 0.3) is 15.9 Å². The van der Waals surface area contributed by atoms with E-state index in [1.165, 1.54) is 24.3 Å². The van der Waals surface area contributed by atoms with Gasteiger partial charge in [-0.25, -0.2) is 8.42 Å². The van der Waals surface area contributed by atoms with Gasteiger partial charge in [0.05, 0.1) is 28.8 Å². The number of para-hydroxylation sites is 1. The van der Waals surface area contributed by atoms with Crippen molar-refractivity contribution in [3.8, 4) is 16.9 Å². The van der Waals surface area contributed by atoms with Crippen LogP contribution >= 0.6 is 11.6 Å². The minimum absolute atomic E-state index is 0.0279. The number of benzene rings is 4. The second kappa shape index (κ2) is 14.0. The Hall–Kier alpha value is -3.89. The van der Waals surface area contributed by atoms with Crippen LogP contribution in [-0.2, 0) is 16.6 Å². The first kappa shape index (κ1) is 32.5. The number of amides is 1. The molecule has 0 saturated heterocycles. The first-order valence-electron chi connectivity index (χ1n) is 14.9. The number of nitrogens with zero attached hydrogens (tertiary/aromatic N) is 2. The van der Waals surface area contributed by atoms with Gasteiger partial charge in [0.1, 0.15) is 6.10 Å². The van der Waals surface area contributed by atoms with E-state index in [0.29, 0.717) is 24.7 Å². The largest absolute Gasteiger partial charge is 0.486 e. The summed E-state index contributed by atoms with van der Waals surface area (Å²) in [6.07, 6.45) is -0.403. The Labute approximate surface area is 270 Å². The lowest BCUT2D eigenvalue weighted by atomic mass is 9.98. The minimum atomic E-state index is -4.02. The molecule has 236 valence electrons. The van der Waals surface area contributed by atoms with Crippen LogP contribution in [0.25, 0.3) is 11.1 Å². The normalized spacial score (nSPS) is 17.6. The van der Waals surface area contributed by atoms with Gasteiger partial charge in [-0.1, -0.05) is 79.2 Å². The molecule has 0 bridgehead atoms. The highest BCUT2D eigenvalue weighted by Crippen LogP contribution is 2.36.